The van der Waals surface area contributed by atoms with Gasteiger partial charge in [0.15, 0.2) is 6.10 Å². The van der Waals surface area contributed by atoms with Crippen molar-refractivity contribution < 1.29 is 28.6 Å². The van der Waals surface area contributed by atoms with Crippen LogP contribution in [0.15, 0.2) is 0 Å². The Labute approximate surface area is 399 Å². The van der Waals surface area contributed by atoms with Crippen molar-refractivity contribution in [3.8, 4) is 0 Å². The lowest BCUT2D eigenvalue weighted by atomic mass is 10.0. The van der Waals surface area contributed by atoms with Crippen LogP contribution in [0.3, 0.4) is 0 Å². The molecule has 0 bridgehead atoms. The summed E-state index contributed by atoms with van der Waals surface area (Å²) in [5.74, 6) is -0.839. The van der Waals surface area contributed by atoms with Gasteiger partial charge in [0.2, 0.25) is 0 Å². The first-order valence-corrected chi connectivity index (χ1v) is 29.0. The Kier molecular flexibility index (Phi) is 52.7. The fourth-order valence-electron chi connectivity index (χ4n) is 8.98. The molecule has 6 heteroatoms. The molecule has 0 fully saturated rings. The predicted octanol–water partition coefficient (Wildman–Crippen LogP) is 19.2. The van der Waals surface area contributed by atoms with E-state index in [1.54, 1.807) is 0 Å². The Morgan fingerprint density at radius 1 is 0.250 bits per heavy atom. The van der Waals surface area contributed by atoms with Gasteiger partial charge in [-0.2, -0.15) is 0 Å². The number of hydrogen-bond acceptors (Lipinski definition) is 6. The van der Waals surface area contributed by atoms with E-state index in [1.807, 2.05) is 0 Å². The van der Waals surface area contributed by atoms with Crippen LogP contribution in [-0.4, -0.2) is 37.2 Å². The van der Waals surface area contributed by atoms with Crippen molar-refractivity contribution in [1.82, 2.24) is 0 Å². The summed E-state index contributed by atoms with van der Waals surface area (Å²) in [5.41, 5.74) is 0. The maximum atomic E-state index is 12.8. The fraction of sp³-hybridized carbons (Fsp3) is 0.948. The van der Waals surface area contributed by atoms with Crippen LogP contribution in [0.25, 0.3) is 0 Å². The molecule has 6 nitrogen and oxygen atoms in total. The Morgan fingerprint density at radius 3 is 0.625 bits per heavy atom. The molecule has 0 spiro atoms. The largest absolute Gasteiger partial charge is 0.462 e. The lowest BCUT2D eigenvalue weighted by Crippen LogP contribution is -2.30. The average molecular weight is 906 g/mol. The van der Waals surface area contributed by atoms with E-state index in [4.69, 9.17) is 14.2 Å². The summed E-state index contributed by atoms with van der Waals surface area (Å²) in [6.45, 7) is 6.68. The highest BCUT2D eigenvalue weighted by molar-refractivity contribution is 5.71. The third-order valence-electron chi connectivity index (χ3n) is 13.4. The van der Waals surface area contributed by atoms with Gasteiger partial charge in [0, 0.05) is 19.3 Å². The molecule has 0 N–H and O–H groups in total. The predicted molar refractivity (Wildman–Crippen MR) is 275 cm³/mol. The molecule has 1 atom stereocenters. The minimum absolute atomic E-state index is 0.0616. The molecule has 0 aromatic rings. The van der Waals surface area contributed by atoms with Gasteiger partial charge in [-0.25, -0.2) is 0 Å². The van der Waals surface area contributed by atoms with Crippen molar-refractivity contribution in [3.63, 3.8) is 0 Å². The summed E-state index contributed by atoms with van der Waals surface area (Å²) < 4.78 is 16.8. The molecular weight excluding hydrogens is 793 g/mol. The molecule has 0 amide bonds. The highest BCUT2D eigenvalue weighted by atomic mass is 16.6. The number of carbonyl (C=O) groups excluding carboxylic acids is 3. The molecule has 0 aliphatic carbocycles. The second kappa shape index (κ2) is 54.0. The van der Waals surface area contributed by atoms with E-state index in [-0.39, 0.29) is 31.1 Å². The topological polar surface area (TPSA) is 78.9 Å². The minimum Gasteiger partial charge on any atom is -0.462 e. The average Bonchev–Trinajstić information content (AvgIpc) is 3.29. The molecule has 0 saturated heterocycles. The van der Waals surface area contributed by atoms with Crippen LogP contribution in [0.2, 0.25) is 0 Å². The molecular formula is C58H112O6. The molecule has 0 heterocycles. The second-order valence-electron chi connectivity index (χ2n) is 19.9. The van der Waals surface area contributed by atoms with Crippen LogP contribution in [0.4, 0.5) is 0 Å². The van der Waals surface area contributed by atoms with Crippen LogP contribution in [0, 0.1) is 0 Å². The summed E-state index contributed by atoms with van der Waals surface area (Å²) in [6.07, 6.45) is 59.7. The van der Waals surface area contributed by atoms with E-state index in [0.717, 1.165) is 57.8 Å². The summed E-state index contributed by atoms with van der Waals surface area (Å²) >= 11 is 0. The number of unbranched alkanes of at least 4 members (excludes halogenated alkanes) is 43. The van der Waals surface area contributed by atoms with E-state index in [1.165, 1.54) is 238 Å². The first kappa shape index (κ1) is 62.4. The van der Waals surface area contributed by atoms with Gasteiger partial charge in [0.05, 0.1) is 0 Å². The van der Waals surface area contributed by atoms with Crippen molar-refractivity contribution in [2.24, 2.45) is 0 Å². The van der Waals surface area contributed by atoms with E-state index in [2.05, 4.69) is 20.8 Å². The number of ether oxygens (including phenoxy) is 3. The van der Waals surface area contributed by atoms with Crippen molar-refractivity contribution in [2.75, 3.05) is 13.2 Å². The monoisotopic (exact) mass is 905 g/mol. The van der Waals surface area contributed by atoms with E-state index >= 15 is 0 Å². The van der Waals surface area contributed by atoms with Crippen LogP contribution >= 0.6 is 0 Å². The Balaban J connectivity index is 4.10. The maximum Gasteiger partial charge on any atom is 0.306 e. The molecule has 0 aromatic heterocycles. The molecule has 0 saturated carbocycles. The van der Waals surface area contributed by atoms with Gasteiger partial charge in [-0.3, -0.25) is 14.4 Å². The third-order valence-corrected chi connectivity index (χ3v) is 13.4. The van der Waals surface area contributed by atoms with E-state index in [9.17, 15) is 14.4 Å². The van der Waals surface area contributed by atoms with Gasteiger partial charge in [0.25, 0.3) is 0 Å². The summed E-state index contributed by atoms with van der Waals surface area (Å²) in [5, 5.41) is 0. The zero-order chi connectivity index (χ0) is 46.5. The first-order valence-electron chi connectivity index (χ1n) is 29.0. The number of rotatable bonds is 54. The smallest absolute Gasteiger partial charge is 0.306 e. The lowest BCUT2D eigenvalue weighted by Gasteiger charge is -2.18. The Morgan fingerprint density at radius 2 is 0.422 bits per heavy atom. The maximum absolute atomic E-state index is 12.8. The highest BCUT2D eigenvalue weighted by Crippen LogP contribution is 2.18. The molecule has 0 aromatic carbocycles. The zero-order valence-corrected chi connectivity index (χ0v) is 43.6. The molecule has 0 aliphatic heterocycles. The van der Waals surface area contributed by atoms with E-state index in [0.29, 0.717) is 19.3 Å². The summed E-state index contributed by atoms with van der Waals surface area (Å²) in [4.78, 5) is 38.0. The van der Waals surface area contributed by atoms with Crippen molar-refractivity contribution >= 4 is 17.9 Å². The first-order chi connectivity index (χ1) is 31.5. The van der Waals surface area contributed by atoms with Gasteiger partial charge in [-0.15, -0.1) is 0 Å². The standard InChI is InChI=1S/C58H112O6/c1-4-7-10-13-16-19-21-23-24-25-26-27-28-29-30-31-32-33-35-36-39-42-45-48-51-57(60)63-54-55(53-62-56(59)50-47-44-41-38-18-15-12-9-6-3)64-58(61)52-49-46-43-40-37-34-22-20-17-14-11-8-5-2/h55H,4-54H2,1-3H3. The van der Waals surface area contributed by atoms with Crippen LogP contribution in [0.5, 0.6) is 0 Å². The lowest BCUT2D eigenvalue weighted by molar-refractivity contribution is -0.167. The highest BCUT2D eigenvalue weighted by Gasteiger charge is 2.19. The van der Waals surface area contributed by atoms with Gasteiger partial charge >= 0.3 is 17.9 Å². The molecule has 1 unspecified atom stereocenters. The van der Waals surface area contributed by atoms with Crippen molar-refractivity contribution in [2.45, 2.75) is 341 Å². The van der Waals surface area contributed by atoms with E-state index < -0.39 is 6.10 Å². The SMILES string of the molecule is CCCCCCCCCCCCCCCCCCCCCCCCCCC(=O)OCC(COC(=O)CCCCCCCCCCC)OC(=O)CCCCCCCCCCCCCCC. The van der Waals surface area contributed by atoms with Gasteiger partial charge < -0.3 is 14.2 Å². The number of hydrogen-bond donors (Lipinski definition) is 0. The van der Waals surface area contributed by atoms with Gasteiger partial charge in [-0.1, -0.05) is 297 Å². The summed E-state index contributed by atoms with van der Waals surface area (Å²) in [6, 6.07) is 0. The molecule has 64 heavy (non-hydrogen) atoms. The second-order valence-corrected chi connectivity index (χ2v) is 19.9. The van der Waals surface area contributed by atoms with Gasteiger partial charge in [0.1, 0.15) is 13.2 Å². The zero-order valence-electron chi connectivity index (χ0n) is 43.6. The molecule has 0 radical (unpaired) electrons. The molecule has 0 rings (SSSR count). The van der Waals surface area contributed by atoms with Crippen molar-refractivity contribution in [1.29, 1.82) is 0 Å². The third kappa shape index (κ3) is 51.4. The number of esters is 3. The quantitative estimate of drug-likeness (QED) is 0.0344. The Hall–Kier alpha value is -1.59. The normalized spacial score (nSPS) is 11.9. The molecule has 380 valence electrons. The Bertz CT molecular complexity index is 951. The van der Waals surface area contributed by atoms with Crippen molar-refractivity contribution in [3.05, 3.63) is 0 Å². The summed E-state index contributed by atoms with van der Waals surface area (Å²) in [7, 11) is 0. The number of carbonyl (C=O) groups is 3. The van der Waals surface area contributed by atoms with Crippen LogP contribution < -0.4 is 0 Å². The minimum atomic E-state index is -0.760. The van der Waals surface area contributed by atoms with Gasteiger partial charge in [-0.05, 0) is 19.3 Å². The van der Waals surface area contributed by atoms with Crippen LogP contribution in [0.1, 0.15) is 335 Å². The van der Waals surface area contributed by atoms with Crippen LogP contribution in [-0.2, 0) is 28.6 Å². The fourth-order valence-corrected chi connectivity index (χ4v) is 8.98. The molecule has 0 aliphatic rings.